The molecule has 3 heterocycles. The van der Waals surface area contributed by atoms with E-state index in [0.717, 1.165) is 29.8 Å². The van der Waals surface area contributed by atoms with Gasteiger partial charge in [-0.2, -0.15) is 5.10 Å². The zero-order valence-electron chi connectivity index (χ0n) is 18.4. The molecule has 2 amide bonds. The molecule has 1 saturated heterocycles. The molecule has 1 aromatic carbocycles. The second kappa shape index (κ2) is 9.38. The molecule has 1 aliphatic rings. The van der Waals surface area contributed by atoms with Gasteiger partial charge in [0.2, 0.25) is 5.91 Å². The molecule has 0 saturated carbocycles. The highest BCUT2D eigenvalue weighted by Gasteiger charge is 2.25. The highest BCUT2D eigenvalue weighted by atomic mass is 32.1. The molecular weight excluding hydrogens is 442 g/mol. The molecule has 4 rings (SSSR count). The van der Waals surface area contributed by atoms with Crippen LogP contribution in [0.5, 0.6) is 0 Å². The Morgan fingerprint density at radius 3 is 2.81 bits per heavy atom. The van der Waals surface area contributed by atoms with Crippen molar-refractivity contribution in [2.24, 2.45) is 0 Å². The summed E-state index contributed by atoms with van der Waals surface area (Å²) in [5.41, 5.74) is 2.17. The highest BCUT2D eigenvalue weighted by Crippen LogP contribution is 2.27. The fraction of sp³-hybridized carbons (Fsp3) is 0.391. The van der Waals surface area contributed by atoms with Gasteiger partial charge < -0.3 is 10.2 Å². The topological polar surface area (TPSA) is 83.0 Å². The van der Waals surface area contributed by atoms with E-state index < -0.39 is 6.04 Å². The summed E-state index contributed by atoms with van der Waals surface area (Å²) in [4.78, 5) is 28.9. The molecule has 2 atom stereocenters. The fourth-order valence-corrected chi connectivity index (χ4v) is 5.10. The lowest BCUT2D eigenvalue weighted by molar-refractivity contribution is -0.118. The Balaban J connectivity index is 1.51. The zero-order valence-corrected chi connectivity index (χ0v) is 20.1. The Morgan fingerprint density at radius 2 is 2.12 bits per heavy atom. The Kier molecular flexibility index (Phi) is 6.57. The van der Waals surface area contributed by atoms with Crippen LogP contribution in [0.25, 0.3) is 10.7 Å². The van der Waals surface area contributed by atoms with Crippen LogP contribution in [0.2, 0.25) is 0 Å². The standard InChI is InChI=1S/C23H27N5O2S2/c1-14-13-17(22(30)27-11-5-4-7-15(27)2)9-10-18(14)24-21(29)16(3)28-20(25-26-23(28)31)19-8-6-12-32-19/h6,8-10,12-13,15-16H,4-5,7,11H2,1-3H3,(H,24,29)(H,26,31). The summed E-state index contributed by atoms with van der Waals surface area (Å²) in [7, 11) is 0. The van der Waals surface area contributed by atoms with Crippen LogP contribution in [-0.4, -0.2) is 44.1 Å². The van der Waals surface area contributed by atoms with Crippen LogP contribution >= 0.6 is 23.6 Å². The van der Waals surface area contributed by atoms with Crippen molar-refractivity contribution in [3.05, 3.63) is 51.6 Å². The maximum Gasteiger partial charge on any atom is 0.254 e. The average molecular weight is 470 g/mol. The summed E-state index contributed by atoms with van der Waals surface area (Å²) in [5, 5.41) is 12.0. The number of anilines is 1. The van der Waals surface area contributed by atoms with Crippen molar-refractivity contribution in [1.82, 2.24) is 19.7 Å². The monoisotopic (exact) mass is 469 g/mol. The molecule has 1 fully saturated rings. The lowest BCUT2D eigenvalue weighted by Crippen LogP contribution is -2.42. The second-order valence-corrected chi connectivity index (χ2v) is 9.57. The predicted molar refractivity (Wildman–Crippen MR) is 130 cm³/mol. The predicted octanol–water partition coefficient (Wildman–Crippen LogP) is 5.19. The van der Waals surface area contributed by atoms with E-state index in [1.807, 2.05) is 35.4 Å². The number of carbonyl (C=O) groups excluding carboxylic acids is 2. The largest absolute Gasteiger partial charge is 0.336 e. The quantitative estimate of drug-likeness (QED) is 0.504. The molecule has 2 unspecified atom stereocenters. The summed E-state index contributed by atoms with van der Waals surface area (Å²) in [6.07, 6.45) is 3.26. The SMILES string of the molecule is Cc1cc(C(=O)N2CCCCC2C)ccc1NC(=O)C(C)n1c(-c2cccs2)n[nH]c1=S. The number of rotatable bonds is 5. The van der Waals surface area contributed by atoms with Gasteiger partial charge >= 0.3 is 0 Å². The van der Waals surface area contributed by atoms with E-state index in [4.69, 9.17) is 12.2 Å². The van der Waals surface area contributed by atoms with E-state index in [9.17, 15) is 9.59 Å². The third-order valence-corrected chi connectivity index (χ3v) is 7.16. The lowest BCUT2D eigenvalue weighted by atomic mass is 10.0. The summed E-state index contributed by atoms with van der Waals surface area (Å²) in [6.45, 7) is 6.60. The number of aromatic nitrogens is 3. The maximum atomic E-state index is 13.1. The highest BCUT2D eigenvalue weighted by molar-refractivity contribution is 7.71. The number of likely N-dealkylation sites (tertiary alicyclic amines) is 1. The van der Waals surface area contributed by atoms with Crippen molar-refractivity contribution in [2.75, 3.05) is 11.9 Å². The Bertz CT molecular complexity index is 1180. The van der Waals surface area contributed by atoms with Crippen LogP contribution in [0.15, 0.2) is 35.7 Å². The molecule has 3 aromatic rings. The first kappa shape index (κ1) is 22.4. The molecule has 0 spiro atoms. The van der Waals surface area contributed by atoms with E-state index in [2.05, 4.69) is 22.4 Å². The molecule has 1 aliphatic heterocycles. The van der Waals surface area contributed by atoms with Gasteiger partial charge in [0, 0.05) is 23.8 Å². The molecule has 2 N–H and O–H groups in total. The number of hydrogen-bond donors (Lipinski definition) is 2. The van der Waals surface area contributed by atoms with E-state index in [1.165, 1.54) is 17.8 Å². The first-order chi connectivity index (χ1) is 15.4. The Hall–Kier alpha value is -2.78. The number of aryl methyl sites for hydroxylation is 1. The van der Waals surface area contributed by atoms with Crippen molar-refractivity contribution in [3.63, 3.8) is 0 Å². The third-order valence-electron chi connectivity index (χ3n) is 6.01. The number of benzene rings is 1. The van der Waals surface area contributed by atoms with Gasteiger partial charge in [-0.05, 0) is 87.5 Å². The minimum atomic E-state index is -0.562. The normalized spacial score (nSPS) is 17.2. The molecule has 0 bridgehead atoms. The van der Waals surface area contributed by atoms with Crippen LogP contribution in [0.1, 0.15) is 55.1 Å². The number of amides is 2. The van der Waals surface area contributed by atoms with E-state index in [1.54, 1.807) is 23.6 Å². The number of aromatic amines is 1. The minimum Gasteiger partial charge on any atom is -0.336 e. The van der Waals surface area contributed by atoms with Crippen LogP contribution < -0.4 is 5.32 Å². The van der Waals surface area contributed by atoms with Crippen LogP contribution in [0.4, 0.5) is 5.69 Å². The minimum absolute atomic E-state index is 0.0526. The molecular formula is C23H27N5O2S2. The fourth-order valence-electron chi connectivity index (χ4n) is 4.10. The van der Waals surface area contributed by atoms with Crippen molar-refractivity contribution >= 4 is 41.1 Å². The zero-order chi connectivity index (χ0) is 22.8. The third kappa shape index (κ3) is 4.40. The van der Waals surface area contributed by atoms with E-state index in [0.29, 0.717) is 21.8 Å². The van der Waals surface area contributed by atoms with Crippen molar-refractivity contribution in [3.8, 4) is 10.7 Å². The van der Waals surface area contributed by atoms with E-state index in [-0.39, 0.29) is 17.9 Å². The van der Waals surface area contributed by atoms with Crippen molar-refractivity contribution < 1.29 is 9.59 Å². The van der Waals surface area contributed by atoms with E-state index >= 15 is 0 Å². The van der Waals surface area contributed by atoms with Gasteiger partial charge in [0.1, 0.15) is 6.04 Å². The van der Waals surface area contributed by atoms with Crippen LogP contribution in [0.3, 0.4) is 0 Å². The molecule has 168 valence electrons. The van der Waals surface area contributed by atoms with Gasteiger partial charge in [0.05, 0.1) is 4.88 Å². The Morgan fingerprint density at radius 1 is 1.31 bits per heavy atom. The number of H-pyrrole nitrogens is 1. The number of piperidine rings is 1. The molecule has 2 aromatic heterocycles. The average Bonchev–Trinajstić information content (AvgIpc) is 3.44. The number of nitrogens with one attached hydrogen (secondary N) is 2. The van der Waals surface area contributed by atoms with Gasteiger partial charge in [0.25, 0.3) is 5.91 Å². The first-order valence-corrected chi connectivity index (χ1v) is 12.1. The van der Waals surface area contributed by atoms with Gasteiger partial charge in [-0.15, -0.1) is 11.3 Å². The van der Waals surface area contributed by atoms with Crippen molar-refractivity contribution in [1.29, 1.82) is 0 Å². The number of nitrogens with zero attached hydrogens (tertiary/aromatic N) is 3. The second-order valence-electron chi connectivity index (χ2n) is 8.24. The molecule has 7 nitrogen and oxygen atoms in total. The molecule has 9 heteroatoms. The van der Waals surface area contributed by atoms with Crippen molar-refractivity contribution in [2.45, 2.75) is 52.1 Å². The summed E-state index contributed by atoms with van der Waals surface area (Å²) in [6, 6.07) is 9.02. The summed E-state index contributed by atoms with van der Waals surface area (Å²) in [5.74, 6) is 0.491. The maximum absolute atomic E-state index is 13.1. The van der Waals surface area contributed by atoms with Crippen LogP contribution in [-0.2, 0) is 4.79 Å². The molecule has 32 heavy (non-hydrogen) atoms. The van der Waals surface area contributed by atoms with Gasteiger partial charge in [-0.1, -0.05) is 6.07 Å². The number of carbonyl (C=O) groups is 2. The Labute approximate surface area is 196 Å². The van der Waals surface area contributed by atoms with Gasteiger partial charge in [0.15, 0.2) is 10.6 Å². The van der Waals surface area contributed by atoms with Gasteiger partial charge in [-0.25, -0.2) is 0 Å². The smallest absolute Gasteiger partial charge is 0.254 e. The number of hydrogen-bond acceptors (Lipinski definition) is 5. The first-order valence-electron chi connectivity index (χ1n) is 10.8. The lowest BCUT2D eigenvalue weighted by Gasteiger charge is -2.33. The molecule has 0 aliphatic carbocycles. The number of thiophene rings is 1. The summed E-state index contributed by atoms with van der Waals surface area (Å²) >= 11 is 6.92. The van der Waals surface area contributed by atoms with Crippen LogP contribution in [0, 0.1) is 11.7 Å². The summed E-state index contributed by atoms with van der Waals surface area (Å²) < 4.78 is 2.12. The molecule has 0 radical (unpaired) electrons. The van der Waals surface area contributed by atoms with Gasteiger partial charge in [-0.3, -0.25) is 19.3 Å².